The normalized spacial score (nSPS) is 23.6. The van der Waals surface area contributed by atoms with E-state index in [1.54, 1.807) is 4.90 Å². The zero-order chi connectivity index (χ0) is 9.31. The van der Waals surface area contributed by atoms with Crippen LogP contribution in [0.5, 0.6) is 0 Å². The first-order valence-electron chi connectivity index (χ1n) is 4.79. The molecule has 2 saturated heterocycles. The average Bonchev–Trinajstić information content (AvgIpc) is 2.14. The maximum Gasteiger partial charge on any atom is 0.409 e. The second-order valence-electron chi connectivity index (χ2n) is 4.06. The van der Waals surface area contributed by atoms with Gasteiger partial charge in [-0.05, 0) is 18.3 Å². The van der Waals surface area contributed by atoms with Crippen LogP contribution in [0.4, 0.5) is 4.79 Å². The minimum atomic E-state index is -0.179. The lowest BCUT2D eigenvalue weighted by atomic mass is 9.73. The number of likely N-dealkylation sites (tertiary alicyclic amines) is 1. The van der Waals surface area contributed by atoms with Crippen LogP contribution >= 0.6 is 12.4 Å². The SMILES string of the molecule is COC(=O)N1CCC2(CC1)CNC2.Cl. The topological polar surface area (TPSA) is 41.6 Å². The van der Waals surface area contributed by atoms with Crippen LogP contribution < -0.4 is 5.32 Å². The van der Waals surface area contributed by atoms with Crippen LogP contribution in [0.2, 0.25) is 0 Å². The first kappa shape index (κ1) is 11.6. The molecule has 0 aromatic heterocycles. The third-order valence-electron chi connectivity index (χ3n) is 3.26. The minimum Gasteiger partial charge on any atom is -0.453 e. The lowest BCUT2D eigenvalue weighted by Gasteiger charge is -2.47. The van der Waals surface area contributed by atoms with Gasteiger partial charge in [-0.1, -0.05) is 0 Å². The molecule has 0 aliphatic carbocycles. The maximum atomic E-state index is 11.2. The molecule has 82 valence electrons. The van der Waals surface area contributed by atoms with Crippen molar-refractivity contribution >= 4 is 18.5 Å². The molecule has 0 aromatic carbocycles. The van der Waals surface area contributed by atoms with Crippen LogP contribution in [-0.2, 0) is 4.74 Å². The van der Waals surface area contributed by atoms with Crippen molar-refractivity contribution in [2.45, 2.75) is 12.8 Å². The number of carbonyl (C=O) groups is 1. The van der Waals surface area contributed by atoms with Gasteiger partial charge in [0.05, 0.1) is 7.11 Å². The van der Waals surface area contributed by atoms with Crippen molar-refractivity contribution in [2.75, 3.05) is 33.3 Å². The standard InChI is InChI=1S/C9H16N2O2.ClH/c1-13-8(12)11-4-2-9(3-5-11)6-10-7-9;/h10H,2-7H2,1H3;1H. The predicted molar refractivity (Wildman–Crippen MR) is 55.8 cm³/mol. The smallest absolute Gasteiger partial charge is 0.409 e. The number of ether oxygens (including phenoxy) is 1. The van der Waals surface area contributed by atoms with Gasteiger partial charge in [0.2, 0.25) is 0 Å². The molecule has 1 N–H and O–H groups in total. The molecule has 2 aliphatic rings. The summed E-state index contributed by atoms with van der Waals surface area (Å²) < 4.78 is 4.68. The highest BCUT2D eigenvalue weighted by Crippen LogP contribution is 2.34. The van der Waals surface area contributed by atoms with Crippen molar-refractivity contribution in [3.63, 3.8) is 0 Å². The quantitative estimate of drug-likeness (QED) is 0.659. The van der Waals surface area contributed by atoms with Gasteiger partial charge in [0.1, 0.15) is 0 Å². The Morgan fingerprint density at radius 2 is 1.93 bits per heavy atom. The Morgan fingerprint density at radius 3 is 2.29 bits per heavy atom. The third-order valence-corrected chi connectivity index (χ3v) is 3.26. The van der Waals surface area contributed by atoms with E-state index in [2.05, 4.69) is 10.1 Å². The molecule has 1 spiro atoms. The van der Waals surface area contributed by atoms with Gasteiger partial charge in [-0.2, -0.15) is 0 Å². The number of rotatable bonds is 0. The zero-order valence-corrected chi connectivity index (χ0v) is 9.23. The van der Waals surface area contributed by atoms with Crippen molar-refractivity contribution in [1.29, 1.82) is 0 Å². The number of methoxy groups -OCH3 is 1. The molecule has 0 radical (unpaired) electrons. The second kappa shape index (κ2) is 4.36. The zero-order valence-electron chi connectivity index (χ0n) is 8.41. The van der Waals surface area contributed by atoms with Crippen LogP contribution in [0.15, 0.2) is 0 Å². The van der Waals surface area contributed by atoms with E-state index in [-0.39, 0.29) is 18.5 Å². The number of hydrogen-bond acceptors (Lipinski definition) is 3. The number of nitrogens with one attached hydrogen (secondary N) is 1. The molecule has 1 amide bonds. The molecule has 0 aromatic rings. The molecule has 0 unspecified atom stereocenters. The molecule has 0 saturated carbocycles. The van der Waals surface area contributed by atoms with Gasteiger partial charge in [-0.15, -0.1) is 12.4 Å². The van der Waals surface area contributed by atoms with Gasteiger partial charge < -0.3 is 15.0 Å². The monoisotopic (exact) mass is 220 g/mol. The van der Waals surface area contributed by atoms with Crippen LogP contribution in [0.1, 0.15) is 12.8 Å². The van der Waals surface area contributed by atoms with Gasteiger partial charge in [0.25, 0.3) is 0 Å². The van der Waals surface area contributed by atoms with E-state index in [4.69, 9.17) is 0 Å². The number of nitrogens with zero attached hydrogens (tertiary/aromatic N) is 1. The van der Waals surface area contributed by atoms with Crippen molar-refractivity contribution in [2.24, 2.45) is 5.41 Å². The minimum absolute atomic E-state index is 0. The van der Waals surface area contributed by atoms with Crippen LogP contribution in [0, 0.1) is 5.41 Å². The third kappa shape index (κ3) is 1.96. The van der Waals surface area contributed by atoms with Gasteiger partial charge in [0.15, 0.2) is 0 Å². The van der Waals surface area contributed by atoms with Gasteiger partial charge in [0, 0.05) is 26.2 Å². The van der Waals surface area contributed by atoms with Crippen molar-refractivity contribution in [3.05, 3.63) is 0 Å². The first-order valence-corrected chi connectivity index (χ1v) is 4.79. The largest absolute Gasteiger partial charge is 0.453 e. The van der Waals surface area contributed by atoms with E-state index in [1.165, 1.54) is 7.11 Å². The van der Waals surface area contributed by atoms with E-state index < -0.39 is 0 Å². The average molecular weight is 221 g/mol. The summed E-state index contributed by atoms with van der Waals surface area (Å²) >= 11 is 0. The molecule has 2 aliphatic heterocycles. The fraction of sp³-hybridized carbons (Fsp3) is 0.889. The second-order valence-corrected chi connectivity index (χ2v) is 4.06. The summed E-state index contributed by atoms with van der Waals surface area (Å²) in [5, 5.41) is 3.30. The van der Waals surface area contributed by atoms with Crippen molar-refractivity contribution in [1.82, 2.24) is 10.2 Å². The lowest BCUT2D eigenvalue weighted by Crippen LogP contribution is -2.58. The van der Waals surface area contributed by atoms with E-state index in [1.807, 2.05) is 0 Å². The van der Waals surface area contributed by atoms with Gasteiger partial charge in [-0.25, -0.2) is 4.79 Å². The number of amides is 1. The molecule has 14 heavy (non-hydrogen) atoms. The van der Waals surface area contributed by atoms with E-state index in [0.29, 0.717) is 5.41 Å². The Labute approximate surface area is 90.4 Å². The first-order chi connectivity index (χ1) is 6.26. The molecule has 2 rings (SSSR count). The summed E-state index contributed by atoms with van der Waals surface area (Å²) in [6, 6.07) is 0. The summed E-state index contributed by atoms with van der Waals surface area (Å²) in [6.45, 7) is 3.97. The molecule has 0 atom stereocenters. The molecule has 0 bridgehead atoms. The predicted octanol–water partition coefficient (Wildman–Crippen LogP) is 0.860. The maximum absolute atomic E-state index is 11.2. The highest BCUT2D eigenvalue weighted by atomic mass is 35.5. The molecule has 4 nitrogen and oxygen atoms in total. The Balaban J connectivity index is 0.000000980. The Bertz CT molecular complexity index is 209. The fourth-order valence-electron chi connectivity index (χ4n) is 2.12. The van der Waals surface area contributed by atoms with E-state index >= 15 is 0 Å². The molecule has 2 fully saturated rings. The Morgan fingerprint density at radius 1 is 1.36 bits per heavy atom. The van der Waals surface area contributed by atoms with Crippen molar-refractivity contribution in [3.8, 4) is 0 Å². The molecule has 2 heterocycles. The van der Waals surface area contributed by atoms with Crippen LogP contribution in [0.3, 0.4) is 0 Å². The molecular weight excluding hydrogens is 204 g/mol. The summed E-state index contributed by atoms with van der Waals surface area (Å²) in [7, 11) is 1.44. The number of hydrogen-bond donors (Lipinski definition) is 1. The van der Waals surface area contributed by atoms with E-state index in [9.17, 15) is 4.79 Å². The number of halogens is 1. The van der Waals surface area contributed by atoms with E-state index in [0.717, 1.165) is 39.0 Å². The molecule has 5 heteroatoms. The fourth-order valence-corrected chi connectivity index (χ4v) is 2.12. The summed E-state index contributed by atoms with van der Waals surface area (Å²) in [4.78, 5) is 13.0. The highest BCUT2D eigenvalue weighted by Gasteiger charge is 2.40. The Hall–Kier alpha value is -0.480. The van der Waals surface area contributed by atoms with Crippen LogP contribution in [0.25, 0.3) is 0 Å². The number of piperidine rings is 1. The van der Waals surface area contributed by atoms with Crippen molar-refractivity contribution < 1.29 is 9.53 Å². The highest BCUT2D eigenvalue weighted by molar-refractivity contribution is 5.85. The van der Waals surface area contributed by atoms with Crippen LogP contribution in [-0.4, -0.2) is 44.3 Å². The Kier molecular flexibility index (Phi) is 3.61. The van der Waals surface area contributed by atoms with Gasteiger partial charge in [-0.3, -0.25) is 0 Å². The van der Waals surface area contributed by atoms with Gasteiger partial charge >= 0.3 is 6.09 Å². The summed E-state index contributed by atoms with van der Waals surface area (Å²) in [5.74, 6) is 0. The summed E-state index contributed by atoms with van der Waals surface area (Å²) in [6.07, 6.45) is 2.06. The summed E-state index contributed by atoms with van der Waals surface area (Å²) in [5.41, 5.74) is 0.504. The number of carbonyl (C=O) groups excluding carboxylic acids is 1. The lowest BCUT2D eigenvalue weighted by molar-refractivity contribution is 0.0480. The molecular formula is C9H17ClN2O2.